The van der Waals surface area contributed by atoms with E-state index in [9.17, 15) is 0 Å². The first-order valence-electron chi connectivity index (χ1n) is 12.1. The van der Waals surface area contributed by atoms with Gasteiger partial charge in [0.25, 0.3) is 0 Å². The minimum absolute atomic E-state index is 0.268. The van der Waals surface area contributed by atoms with Crippen LogP contribution in [-0.2, 0) is 0 Å². The van der Waals surface area contributed by atoms with E-state index in [-0.39, 0.29) is 15.8 Å². The lowest BCUT2D eigenvalue weighted by Crippen LogP contribution is -2.16. The molecule has 164 valence electrons. The molecule has 2 aliphatic rings. The molecule has 2 heteroatoms. The Morgan fingerprint density at radius 2 is 0.727 bits per heavy atom. The second kappa shape index (κ2) is 9.18. The van der Waals surface area contributed by atoms with E-state index in [1.165, 1.54) is 46.4 Å². The average molecular weight is 465 g/mol. The van der Waals surface area contributed by atoms with Gasteiger partial charge in [0.15, 0.2) is 0 Å². The first-order valence-corrected chi connectivity index (χ1v) is 15.1. The predicted molar refractivity (Wildman–Crippen MR) is 147 cm³/mol. The van der Waals surface area contributed by atoms with E-state index in [4.69, 9.17) is 0 Å². The summed E-state index contributed by atoms with van der Waals surface area (Å²) >= 11 is 0. The van der Waals surface area contributed by atoms with E-state index in [2.05, 4.69) is 121 Å². The molecule has 0 N–H and O–H groups in total. The standard InChI is InChI=1S/C31H30P2/c1-5-13-27(14-6-1)32(28-15-7-2-8-16-28)23-25-21-31(25)22-26(31)24-33(29-17-9-3-10-18-29)30-19-11-4-12-20-30/h1-20,25-26H,21-24H2/t25-,26+,31?. The maximum atomic E-state index is 2.35. The normalized spacial score (nSPS) is 23.2. The Morgan fingerprint density at radius 1 is 0.455 bits per heavy atom. The van der Waals surface area contributed by atoms with E-state index in [1.807, 2.05) is 0 Å². The molecule has 0 nitrogen and oxygen atoms in total. The summed E-state index contributed by atoms with van der Waals surface area (Å²) in [6.07, 6.45) is 5.61. The Labute approximate surface area is 200 Å². The van der Waals surface area contributed by atoms with Crippen molar-refractivity contribution in [1.29, 1.82) is 0 Å². The van der Waals surface area contributed by atoms with Crippen molar-refractivity contribution in [2.24, 2.45) is 17.3 Å². The van der Waals surface area contributed by atoms with Gasteiger partial charge in [-0.2, -0.15) is 0 Å². The predicted octanol–water partition coefficient (Wildman–Crippen LogP) is 6.28. The zero-order valence-electron chi connectivity index (χ0n) is 18.9. The summed E-state index contributed by atoms with van der Waals surface area (Å²) in [6.45, 7) is 0. The number of hydrogen-bond acceptors (Lipinski definition) is 0. The third-order valence-corrected chi connectivity index (χ3v) is 12.9. The van der Waals surface area contributed by atoms with Gasteiger partial charge >= 0.3 is 0 Å². The van der Waals surface area contributed by atoms with E-state index < -0.39 is 0 Å². The first kappa shape index (κ1) is 21.3. The highest BCUT2D eigenvalue weighted by molar-refractivity contribution is 7.73. The second-order valence-corrected chi connectivity index (χ2v) is 14.1. The maximum absolute atomic E-state index is 2.35. The van der Waals surface area contributed by atoms with Gasteiger partial charge in [0.2, 0.25) is 0 Å². The smallest absolute Gasteiger partial charge is 0.0195 e. The Balaban J connectivity index is 1.19. The van der Waals surface area contributed by atoms with Crippen LogP contribution in [0.25, 0.3) is 0 Å². The van der Waals surface area contributed by atoms with Crippen LogP contribution in [0.1, 0.15) is 12.8 Å². The van der Waals surface area contributed by atoms with Gasteiger partial charge in [0.05, 0.1) is 0 Å². The van der Waals surface area contributed by atoms with Crippen molar-refractivity contribution in [3.8, 4) is 0 Å². The first-order chi connectivity index (χ1) is 16.3. The number of rotatable bonds is 8. The molecule has 0 saturated heterocycles. The zero-order valence-corrected chi connectivity index (χ0v) is 20.7. The fourth-order valence-corrected chi connectivity index (χ4v) is 11.1. The fourth-order valence-electron chi connectivity index (χ4n) is 5.63. The Bertz CT molecular complexity index is 999. The van der Waals surface area contributed by atoms with Crippen LogP contribution in [0.5, 0.6) is 0 Å². The molecule has 0 aliphatic heterocycles. The minimum atomic E-state index is -0.268. The summed E-state index contributed by atoms with van der Waals surface area (Å²) < 4.78 is 0. The van der Waals surface area contributed by atoms with Gasteiger partial charge in [0.1, 0.15) is 0 Å². The highest BCUT2D eigenvalue weighted by Crippen LogP contribution is 2.77. The lowest BCUT2D eigenvalue weighted by atomic mass is 10.3. The van der Waals surface area contributed by atoms with Gasteiger partial charge in [-0.05, 0) is 79.5 Å². The van der Waals surface area contributed by atoms with Crippen LogP contribution >= 0.6 is 15.8 Å². The molecule has 4 aromatic carbocycles. The van der Waals surface area contributed by atoms with Crippen LogP contribution in [0.15, 0.2) is 121 Å². The van der Waals surface area contributed by atoms with Crippen LogP contribution < -0.4 is 21.2 Å². The molecular weight excluding hydrogens is 434 g/mol. The van der Waals surface area contributed by atoms with Gasteiger partial charge < -0.3 is 0 Å². The van der Waals surface area contributed by atoms with Crippen molar-refractivity contribution in [1.82, 2.24) is 0 Å². The monoisotopic (exact) mass is 464 g/mol. The van der Waals surface area contributed by atoms with Crippen LogP contribution in [-0.4, -0.2) is 12.3 Å². The quantitative estimate of drug-likeness (QED) is 0.269. The molecule has 2 fully saturated rings. The molecule has 33 heavy (non-hydrogen) atoms. The van der Waals surface area contributed by atoms with Crippen molar-refractivity contribution < 1.29 is 0 Å². The second-order valence-electron chi connectivity index (χ2n) is 9.60. The molecule has 6 rings (SSSR count). The Hall–Kier alpha value is -2.26. The Morgan fingerprint density at radius 3 is 1.00 bits per heavy atom. The summed E-state index contributed by atoms with van der Waals surface area (Å²) in [7, 11) is -0.536. The van der Waals surface area contributed by atoms with Gasteiger partial charge in [0, 0.05) is 0 Å². The van der Waals surface area contributed by atoms with Crippen molar-refractivity contribution in [3.05, 3.63) is 121 Å². The molecule has 2 aliphatic carbocycles. The van der Waals surface area contributed by atoms with E-state index >= 15 is 0 Å². The van der Waals surface area contributed by atoms with E-state index in [0.717, 1.165) is 11.8 Å². The summed E-state index contributed by atoms with van der Waals surface area (Å²) in [4.78, 5) is 0. The van der Waals surface area contributed by atoms with Crippen LogP contribution in [0, 0.1) is 17.3 Å². The molecule has 3 atom stereocenters. The van der Waals surface area contributed by atoms with Crippen LogP contribution in [0.4, 0.5) is 0 Å². The number of benzene rings is 4. The van der Waals surface area contributed by atoms with Gasteiger partial charge in [-0.1, -0.05) is 121 Å². The zero-order chi connectivity index (χ0) is 22.1. The fraction of sp³-hybridized carbons (Fsp3) is 0.226. The van der Waals surface area contributed by atoms with Gasteiger partial charge in [-0.3, -0.25) is 0 Å². The van der Waals surface area contributed by atoms with E-state index in [1.54, 1.807) is 0 Å². The Kier molecular flexibility index (Phi) is 5.92. The molecule has 1 unspecified atom stereocenters. The molecule has 0 aromatic heterocycles. The van der Waals surface area contributed by atoms with Crippen molar-refractivity contribution >= 4 is 37.1 Å². The molecule has 2 saturated carbocycles. The van der Waals surface area contributed by atoms with Crippen molar-refractivity contribution in [2.45, 2.75) is 12.8 Å². The third kappa shape index (κ3) is 4.45. The molecule has 1 spiro atoms. The third-order valence-electron chi connectivity index (χ3n) is 7.64. The lowest BCUT2D eigenvalue weighted by molar-refractivity contribution is 0.704. The summed E-state index contributed by atoms with van der Waals surface area (Å²) in [5, 5.41) is 6.14. The highest BCUT2D eigenvalue weighted by atomic mass is 31.1. The van der Waals surface area contributed by atoms with Gasteiger partial charge in [-0.25, -0.2) is 0 Å². The van der Waals surface area contributed by atoms with Crippen molar-refractivity contribution in [2.75, 3.05) is 12.3 Å². The SMILES string of the molecule is c1ccc(P(C[C@@H]2CC23C[C@@H]3CP(c2ccccc2)c2ccccc2)c2ccccc2)cc1. The summed E-state index contributed by atoms with van der Waals surface area (Å²) in [5.41, 5.74) is 0.647. The minimum Gasteiger partial charge on any atom is -0.0622 e. The molecule has 4 aromatic rings. The van der Waals surface area contributed by atoms with E-state index in [0.29, 0.717) is 5.41 Å². The topological polar surface area (TPSA) is 0 Å². The lowest BCUT2D eigenvalue weighted by Gasteiger charge is -2.20. The molecule has 0 bridgehead atoms. The summed E-state index contributed by atoms with van der Waals surface area (Å²) in [6, 6.07) is 45.1. The average Bonchev–Trinajstić information content (AvgIpc) is 3.79. The number of hydrogen-bond donors (Lipinski definition) is 0. The van der Waals surface area contributed by atoms with Crippen molar-refractivity contribution in [3.63, 3.8) is 0 Å². The van der Waals surface area contributed by atoms with Gasteiger partial charge in [-0.15, -0.1) is 0 Å². The molecule has 0 heterocycles. The molecular formula is C31H30P2. The largest absolute Gasteiger partial charge is 0.0622 e. The summed E-state index contributed by atoms with van der Waals surface area (Å²) in [5.74, 6) is 1.80. The maximum Gasteiger partial charge on any atom is -0.0195 e. The van der Waals surface area contributed by atoms with Crippen LogP contribution in [0.2, 0.25) is 0 Å². The molecule has 0 amide bonds. The highest BCUT2D eigenvalue weighted by Gasteiger charge is 2.69. The molecule has 0 radical (unpaired) electrons. The van der Waals surface area contributed by atoms with Crippen LogP contribution in [0.3, 0.4) is 0 Å².